The molecular formula is C15H19FN2O3. The maximum absolute atomic E-state index is 13.6. The molecule has 0 saturated heterocycles. The predicted molar refractivity (Wildman–Crippen MR) is 75.9 cm³/mol. The van der Waals surface area contributed by atoms with Crippen molar-refractivity contribution in [3.8, 4) is 5.75 Å². The average Bonchev–Trinajstić information content (AvgIpc) is 3.21. The third-order valence-corrected chi connectivity index (χ3v) is 3.24. The van der Waals surface area contributed by atoms with Crippen molar-refractivity contribution in [3.05, 3.63) is 29.6 Å². The standard InChI is InChI=1S/C15H19FN2O3/c1-18(9-15(20)17-11-4-5-11)8-13(19)10-3-6-14(21-2)12(16)7-10/h3,6-7,11H,4-5,8-9H2,1-2H3,(H,17,20). The summed E-state index contributed by atoms with van der Waals surface area (Å²) in [6.07, 6.45) is 2.05. The number of halogens is 1. The Bertz CT molecular complexity index is 544. The number of hydrogen-bond acceptors (Lipinski definition) is 4. The lowest BCUT2D eigenvalue weighted by molar-refractivity contribution is -0.121. The van der Waals surface area contributed by atoms with Crippen LogP contribution in [0.3, 0.4) is 0 Å². The minimum Gasteiger partial charge on any atom is -0.494 e. The van der Waals surface area contributed by atoms with Gasteiger partial charge in [-0.2, -0.15) is 0 Å². The van der Waals surface area contributed by atoms with Gasteiger partial charge in [-0.1, -0.05) is 0 Å². The molecule has 0 spiro atoms. The van der Waals surface area contributed by atoms with Crippen LogP contribution in [0, 0.1) is 5.82 Å². The first-order chi connectivity index (χ1) is 9.99. The highest BCUT2D eigenvalue weighted by Crippen LogP contribution is 2.19. The molecule has 1 saturated carbocycles. The van der Waals surface area contributed by atoms with E-state index in [9.17, 15) is 14.0 Å². The molecule has 0 aliphatic heterocycles. The first kappa shape index (κ1) is 15.4. The Balaban J connectivity index is 1.87. The number of carbonyl (C=O) groups is 2. The zero-order valence-corrected chi connectivity index (χ0v) is 12.2. The van der Waals surface area contributed by atoms with Crippen LogP contribution < -0.4 is 10.1 Å². The van der Waals surface area contributed by atoms with Gasteiger partial charge in [0, 0.05) is 11.6 Å². The summed E-state index contributed by atoms with van der Waals surface area (Å²) in [4.78, 5) is 25.3. The molecule has 1 N–H and O–H groups in total. The Hall–Kier alpha value is -1.95. The minimum absolute atomic E-state index is 0.0594. The lowest BCUT2D eigenvalue weighted by Crippen LogP contribution is -2.38. The summed E-state index contributed by atoms with van der Waals surface area (Å²) in [6.45, 7) is 0.213. The lowest BCUT2D eigenvalue weighted by atomic mass is 10.1. The first-order valence-electron chi connectivity index (χ1n) is 6.84. The van der Waals surface area contributed by atoms with Gasteiger partial charge in [-0.25, -0.2) is 4.39 Å². The molecule has 0 unspecified atom stereocenters. The molecule has 0 heterocycles. The van der Waals surface area contributed by atoms with Crippen molar-refractivity contribution >= 4 is 11.7 Å². The molecular weight excluding hydrogens is 275 g/mol. The number of ether oxygens (including phenoxy) is 1. The van der Waals surface area contributed by atoms with E-state index in [-0.39, 0.29) is 36.1 Å². The third kappa shape index (κ3) is 4.53. The summed E-state index contributed by atoms with van der Waals surface area (Å²) >= 11 is 0. The van der Waals surface area contributed by atoms with E-state index in [0.717, 1.165) is 18.9 Å². The van der Waals surface area contributed by atoms with E-state index in [1.54, 1.807) is 11.9 Å². The Kier molecular flexibility index (Phi) is 4.90. The van der Waals surface area contributed by atoms with Gasteiger partial charge < -0.3 is 10.1 Å². The summed E-state index contributed by atoms with van der Waals surface area (Å²) in [6, 6.07) is 4.39. The van der Waals surface area contributed by atoms with Crippen LogP contribution >= 0.6 is 0 Å². The number of likely N-dealkylation sites (N-methyl/N-ethyl adjacent to an activating group) is 1. The molecule has 21 heavy (non-hydrogen) atoms. The highest BCUT2D eigenvalue weighted by atomic mass is 19.1. The summed E-state index contributed by atoms with van der Waals surface area (Å²) in [7, 11) is 3.05. The van der Waals surface area contributed by atoms with Gasteiger partial charge >= 0.3 is 0 Å². The van der Waals surface area contributed by atoms with Crippen molar-refractivity contribution in [3.63, 3.8) is 0 Å². The van der Waals surface area contributed by atoms with E-state index in [1.165, 1.54) is 19.2 Å². The van der Waals surface area contributed by atoms with E-state index in [4.69, 9.17) is 4.74 Å². The number of nitrogens with one attached hydrogen (secondary N) is 1. The average molecular weight is 294 g/mol. The molecule has 0 atom stereocenters. The van der Waals surface area contributed by atoms with E-state index >= 15 is 0 Å². The van der Waals surface area contributed by atoms with E-state index in [1.807, 2.05) is 0 Å². The Labute approximate surface area is 123 Å². The number of ketones is 1. The third-order valence-electron chi connectivity index (χ3n) is 3.24. The number of rotatable bonds is 7. The Morgan fingerprint density at radius 3 is 2.67 bits per heavy atom. The van der Waals surface area contributed by atoms with Crippen molar-refractivity contribution in [2.75, 3.05) is 27.2 Å². The van der Waals surface area contributed by atoms with Gasteiger partial charge in [-0.05, 0) is 38.1 Å². The fourth-order valence-corrected chi connectivity index (χ4v) is 1.98. The molecule has 114 valence electrons. The molecule has 0 bridgehead atoms. The van der Waals surface area contributed by atoms with E-state index in [2.05, 4.69) is 5.32 Å². The highest BCUT2D eigenvalue weighted by molar-refractivity contribution is 5.98. The Morgan fingerprint density at radius 1 is 1.38 bits per heavy atom. The van der Waals surface area contributed by atoms with E-state index < -0.39 is 5.82 Å². The number of Topliss-reactive ketones (excluding diaryl/α,β-unsaturated/α-hetero) is 1. The fourth-order valence-electron chi connectivity index (χ4n) is 1.98. The largest absolute Gasteiger partial charge is 0.494 e. The number of methoxy groups -OCH3 is 1. The number of benzene rings is 1. The van der Waals surface area contributed by atoms with Crippen LogP contribution in [0.5, 0.6) is 5.75 Å². The second kappa shape index (κ2) is 6.67. The van der Waals surface area contributed by atoms with Crippen molar-refractivity contribution < 1.29 is 18.7 Å². The summed E-state index contributed by atoms with van der Waals surface area (Å²) in [5.41, 5.74) is 0.266. The molecule has 0 radical (unpaired) electrons. The molecule has 1 aromatic carbocycles. The van der Waals surface area contributed by atoms with Crippen LogP contribution in [0.4, 0.5) is 4.39 Å². The van der Waals surface area contributed by atoms with Gasteiger partial charge in [0.05, 0.1) is 20.2 Å². The number of carbonyl (C=O) groups excluding carboxylic acids is 2. The topological polar surface area (TPSA) is 58.6 Å². The minimum atomic E-state index is -0.572. The smallest absolute Gasteiger partial charge is 0.234 e. The van der Waals surface area contributed by atoms with Crippen LogP contribution in [0.1, 0.15) is 23.2 Å². The van der Waals surface area contributed by atoms with E-state index in [0.29, 0.717) is 6.04 Å². The molecule has 1 fully saturated rings. The maximum atomic E-state index is 13.6. The summed E-state index contributed by atoms with van der Waals surface area (Å²) in [5.74, 6) is -0.798. The normalized spacial score (nSPS) is 14.1. The van der Waals surface area contributed by atoms with Crippen LogP contribution in [0.2, 0.25) is 0 Å². The predicted octanol–water partition coefficient (Wildman–Crippen LogP) is 1.23. The lowest BCUT2D eigenvalue weighted by Gasteiger charge is -2.15. The Morgan fingerprint density at radius 2 is 2.10 bits per heavy atom. The fraction of sp³-hybridized carbons (Fsp3) is 0.467. The summed E-state index contributed by atoms with van der Waals surface area (Å²) < 4.78 is 18.4. The van der Waals surface area contributed by atoms with Crippen molar-refractivity contribution in [2.24, 2.45) is 0 Å². The van der Waals surface area contributed by atoms with Crippen LogP contribution in [0.25, 0.3) is 0 Å². The SMILES string of the molecule is COc1ccc(C(=O)CN(C)CC(=O)NC2CC2)cc1F. The molecule has 6 heteroatoms. The molecule has 1 aliphatic rings. The van der Waals surface area contributed by atoms with Crippen LogP contribution in [-0.4, -0.2) is 49.9 Å². The van der Waals surface area contributed by atoms with Gasteiger partial charge in [0.2, 0.25) is 5.91 Å². The zero-order valence-electron chi connectivity index (χ0n) is 12.2. The maximum Gasteiger partial charge on any atom is 0.234 e. The zero-order chi connectivity index (χ0) is 15.4. The monoisotopic (exact) mass is 294 g/mol. The second-order valence-electron chi connectivity index (χ2n) is 5.29. The second-order valence-corrected chi connectivity index (χ2v) is 5.29. The molecule has 2 rings (SSSR count). The number of hydrogen-bond donors (Lipinski definition) is 1. The van der Waals surface area contributed by atoms with Crippen LogP contribution in [-0.2, 0) is 4.79 Å². The van der Waals surface area contributed by atoms with Gasteiger partial charge in [0.25, 0.3) is 0 Å². The first-order valence-corrected chi connectivity index (χ1v) is 6.84. The molecule has 0 aromatic heterocycles. The number of amides is 1. The van der Waals surface area contributed by atoms with Gasteiger partial charge in [0.1, 0.15) is 0 Å². The molecule has 1 aromatic rings. The molecule has 5 nitrogen and oxygen atoms in total. The molecule has 1 aliphatic carbocycles. The van der Waals surface area contributed by atoms with Crippen molar-refractivity contribution in [1.82, 2.24) is 10.2 Å². The quantitative estimate of drug-likeness (QED) is 0.768. The number of nitrogens with zero attached hydrogens (tertiary/aromatic N) is 1. The van der Waals surface area contributed by atoms with Crippen LogP contribution in [0.15, 0.2) is 18.2 Å². The molecule has 1 amide bonds. The van der Waals surface area contributed by atoms with Crippen molar-refractivity contribution in [2.45, 2.75) is 18.9 Å². The summed E-state index contributed by atoms with van der Waals surface area (Å²) in [5, 5.41) is 2.85. The van der Waals surface area contributed by atoms with Gasteiger partial charge in [-0.15, -0.1) is 0 Å². The van der Waals surface area contributed by atoms with Gasteiger partial charge in [0.15, 0.2) is 17.3 Å². The van der Waals surface area contributed by atoms with Crippen molar-refractivity contribution in [1.29, 1.82) is 0 Å². The van der Waals surface area contributed by atoms with Gasteiger partial charge in [-0.3, -0.25) is 14.5 Å². The highest BCUT2D eigenvalue weighted by Gasteiger charge is 2.23.